The number of barbiturate groups is 1. The number of anilines is 1. The van der Waals surface area contributed by atoms with Gasteiger partial charge in [-0.15, -0.1) is 0 Å². The van der Waals surface area contributed by atoms with Crippen molar-refractivity contribution >= 4 is 40.4 Å². The van der Waals surface area contributed by atoms with Gasteiger partial charge in [0, 0.05) is 16.6 Å². The van der Waals surface area contributed by atoms with Crippen molar-refractivity contribution in [3.05, 3.63) is 94.3 Å². The first-order chi connectivity index (χ1) is 16.8. The Bertz CT molecular complexity index is 1570. The topological polar surface area (TPSA) is 84.3 Å². The molecule has 1 aromatic heterocycles. The lowest BCUT2D eigenvalue weighted by molar-refractivity contribution is -0.122. The van der Waals surface area contributed by atoms with E-state index >= 15 is 0 Å². The summed E-state index contributed by atoms with van der Waals surface area (Å²) in [5.41, 5.74) is 5.63. The summed E-state index contributed by atoms with van der Waals surface area (Å²) in [6.45, 7) is 7.81. The Labute approximate surface area is 202 Å². The molecule has 1 saturated heterocycles. The van der Waals surface area contributed by atoms with Crippen LogP contribution in [-0.2, 0) is 9.59 Å². The molecule has 5 rings (SSSR count). The molecule has 35 heavy (non-hydrogen) atoms. The predicted octanol–water partition coefficient (Wildman–Crippen LogP) is 4.93. The number of aryl methyl sites for hydroxylation is 3. The number of hydrogen-bond acceptors (Lipinski definition) is 4. The summed E-state index contributed by atoms with van der Waals surface area (Å²) in [7, 11) is 0. The highest BCUT2D eigenvalue weighted by Crippen LogP contribution is 2.30. The number of urea groups is 1. The number of benzene rings is 3. The number of nitrogens with one attached hydrogen (secondary N) is 1. The smallest absolute Gasteiger partial charge is 0.273 e. The van der Waals surface area contributed by atoms with Crippen LogP contribution in [0.2, 0.25) is 0 Å². The maximum absolute atomic E-state index is 13.5. The highest BCUT2D eigenvalue weighted by molar-refractivity contribution is 6.40. The molecular weight excluding hydrogens is 440 g/mol. The number of carbonyl (C=O) groups is 3. The Balaban J connectivity index is 1.60. The van der Waals surface area contributed by atoms with E-state index in [1.54, 1.807) is 16.8 Å². The lowest BCUT2D eigenvalue weighted by atomic mass is 10.0. The van der Waals surface area contributed by atoms with Gasteiger partial charge in [-0.3, -0.25) is 14.9 Å². The largest absolute Gasteiger partial charge is 0.335 e. The maximum Gasteiger partial charge on any atom is 0.335 e. The molecule has 3 aromatic carbocycles. The van der Waals surface area contributed by atoms with Crippen LogP contribution in [0.25, 0.3) is 22.5 Å². The van der Waals surface area contributed by atoms with E-state index in [2.05, 4.69) is 10.4 Å². The van der Waals surface area contributed by atoms with Crippen molar-refractivity contribution in [2.75, 3.05) is 4.90 Å². The van der Waals surface area contributed by atoms with Gasteiger partial charge in [0.05, 0.1) is 17.1 Å². The summed E-state index contributed by atoms with van der Waals surface area (Å²) >= 11 is 0. The van der Waals surface area contributed by atoms with Gasteiger partial charge in [0.1, 0.15) is 5.57 Å². The fourth-order valence-electron chi connectivity index (χ4n) is 4.40. The SMILES string of the molecule is Cc1ccc(-n2nc(C)c(/C=C3\C(=O)NC(=O)N(c4cccc5ccccc45)C3=O)c2C)cc1C. The molecular formula is C28H24N4O3. The second-order valence-electron chi connectivity index (χ2n) is 8.72. The molecule has 7 nitrogen and oxygen atoms in total. The zero-order chi connectivity index (χ0) is 24.9. The third-order valence-corrected chi connectivity index (χ3v) is 6.48. The molecule has 0 radical (unpaired) electrons. The Kier molecular flexibility index (Phi) is 5.32. The van der Waals surface area contributed by atoms with Crippen molar-refractivity contribution in [1.29, 1.82) is 0 Å². The molecule has 0 aliphatic carbocycles. The van der Waals surface area contributed by atoms with Gasteiger partial charge in [-0.25, -0.2) is 14.4 Å². The van der Waals surface area contributed by atoms with Crippen molar-refractivity contribution < 1.29 is 14.4 Å². The Morgan fingerprint density at radius 3 is 2.37 bits per heavy atom. The van der Waals surface area contributed by atoms with Gasteiger partial charge in [0.2, 0.25) is 0 Å². The summed E-state index contributed by atoms with van der Waals surface area (Å²) in [4.78, 5) is 40.1. The Morgan fingerprint density at radius 2 is 1.60 bits per heavy atom. The van der Waals surface area contributed by atoms with E-state index in [1.807, 2.05) is 76.2 Å². The molecule has 4 amide bonds. The molecule has 2 heterocycles. The normalized spacial score (nSPS) is 15.3. The summed E-state index contributed by atoms with van der Waals surface area (Å²) in [5.74, 6) is -1.40. The van der Waals surface area contributed by atoms with Crippen LogP contribution in [-0.4, -0.2) is 27.6 Å². The first-order valence-corrected chi connectivity index (χ1v) is 11.3. The van der Waals surface area contributed by atoms with E-state index in [-0.39, 0.29) is 5.57 Å². The van der Waals surface area contributed by atoms with Crippen LogP contribution in [0.3, 0.4) is 0 Å². The lowest BCUT2D eigenvalue weighted by Crippen LogP contribution is -2.54. The van der Waals surface area contributed by atoms with Crippen LogP contribution in [0.4, 0.5) is 10.5 Å². The average molecular weight is 465 g/mol. The number of imide groups is 2. The molecule has 0 unspecified atom stereocenters. The highest BCUT2D eigenvalue weighted by atomic mass is 16.2. The summed E-state index contributed by atoms with van der Waals surface area (Å²) in [5, 5.41) is 8.59. The first-order valence-electron chi connectivity index (χ1n) is 11.3. The van der Waals surface area contributed by atoms with Crippen LogP contribution in [0.15, 0.2) is 66.2 Å². The standard InChI is InChI=1S/C28H24N4O3/c1-16-12-13-21(14-17(16)2)32-19(4)23(18(3)30-32)15-24-26(33)29-28(35)31(27(24)34)25-11-7-9-20-8-5-6-10-22(20)25/h5-15H,1-4H3,(H,29,33,35)/b24-15+. The molecule has 7 heteroatoms. The van der Waals surface area contributed by atoms with E-state index in [4.69, 9.17) is 0 Å². The summed E-state index contributed by atoms with van der Waals surface area (Å²) in [6.07, 6.45) is 1.53. The zero-order valence-corrected chi connectivity index (χ0v) is 19.9. The number of amides is 4. The molecule has 0 bridgehead atoms. The molecule has 0 spiro atoms. The van der Waals surface area contributed by atoms with Crippen LogP contribution < -0.4 is 10.2 Å². The fourth-order valence-corrected chi connectivity index (χ4v) is 4.40. The molecule has 0 saturated carbocycles. The minimum absolute atomic E-state index is 0.122. The number of hydrogen-bond donors (Lipinski definition) is 1. The Morgan fingerprint density at radius 1 is 0.857 bits per heavy atom. The van der Waals surface area contributed by atoms with Gasteiger partial charge in [0.15, 0.2) is 0 Å². The van der Waals surface area contributed by atoms with Gasteiger partial charge in [-0.2, -0.15) is 5.10 Å². The van der Waals surface area contributed by atoms with E-state index in [0.717, 1.165) is 32.6 Å². The minimum Gasteiger partial charge on any atom is -0.273 e. The van der Waals surface area contributed by atoms with Crippen molar-refractivity contribution in [3.63, 3.8) is 0 Å². The second kappa shape index (κ2) is 8.36. The molecule has 0 atom stereocenters. The molecule has 1 N–H and O–H groups in total. The number of rotatable bonds is 3. The predicted molar refractivity (Wildman–Crippen MR) is 135 cm³/mol. The molecule has 4 aromatic rings. The van der Waals surface area contributed by atoms with Crippen molar-refractivity contribution in [1.82, 2.24) is 15.1 Å². The fraction of sp³-hybridized carbons (Fsp3) is 0.143. The van der Waals surface area contributed by atoms with E-state index in [1.165, 1.54) is 11.6 Å². The third kappa shape index (κ3) is 3.71. The molecule has 1 fully saturated rings. The van der Waals surface area contributed by atoms with Gasteiger partial charge >= 0.3 is 6.03 Å². The summed E-state index contributed by atoms with van der Waals surface area (Å²) in [6, 6.07) is 18.1. The maximum atomic E-state index is 13.5. The van der Waals surface area contributed by atoms with Crippen LogP contribution in [0.1, 0.15) is 28.1 Å². The quantitative estimate of drug-likeness (QED) is 0.344. The van der Waals surface area contributed by atoms with E-state index in [9.17, 15) is 14.4 Å². The van der Waals surface area contributed by atoms with Crippen LogP contribution >= 0.6 is 0 Å². The van der Waals surface area contributed by atoms with Crippen LogP contribution in [0, 0.1) is 27.7 Å². The van der Waals surface area contributed by atoms with Crippen LogP contribution in [0.5, 0.6) is 0 Å². The van der Waals surface area contributed by atoms with E-state index < -0.39 is 17.8 Å². The first kappa shape index (κ1) is 22.3. The average Bonchev–Trinajstić information content (AvgIpc) is 3.11. The van der Waals surface area contributed by atoms with Crippen molar-refractivity contribution in [3.8, 4) is 5.69 Å². The zero-order valence-electron chi connectivity index (χ0n) is 19.9. The van der Waals surface area contributed by atoms with Gasteiger partial charge in [0.25, 0.3) is 11.8 Å². The van der Waals surface area contributed by atoms with E-state index in [0.29, 0.717) is 16.9 Å². The minimum atomic E-state index is -0.771. The monoisotopic (exact) mass is 464 g/mol. The number of nitrogens with zero attached hydrogens (tertiary/aromatic N) is 3. The number of aromatic nitrogens is 2. The van der Waals surface area contributed by atoms with Crippen molar-refractivity contribution in [2.24, 2.45) is 0 Å². The molecule has 1 aliphatic heterocycles. The molecule has 1 aliphatic rings. The number of fused-ring (bicyclic) bond motifs is 1. The van der Waals surface area contributed by atoms with Gasteiger partial charge in [-0.1, -0.05) is 42.5 Å². The third-order valence-electron chi connectivity index (χ3n) is 6.48. The second-order valence-corrected chi connectivity index (χ2v) is 8.72. The number of carbonyl (C=O) groups excluding carboxylic acids is 3. The van der Waals surface area contributed by atoms with Gasteiger partial charge in [-0.05, 0) is 68.5 Å². The lowest BCUT2D eigenvalue weighted by Gasteiger charge is -2.27. The summed E-state index contributed by atoms with van der Waals surface area (Å²) < 4.78 is 1.80. The molecule has 174 valence electrons. The Hall–Kier alpha value is -4.52. The van der Waals surface area contributed by atoms with Crippen molar-refractivity contribution in [2.45, 2.75) is 27.7 Å². The highest BCUT2D eigenvalue weighted by Gasteiger charge is 2.37. The van der Waals surface area contributed by atoms with Gasteiger partial charge < -0.3 is 0 Å².